The molecular formula is C20H27ClN2O2. The van der Waals surface area contributed by atoms with Gasteiger partial charge in [-0.15, -0.1) is 0 Å². The number of nitrogens with zero attached hydrogens (tertiary/aromatic N) is 1. The molecule has 3 atom stereocenters. The van der Waals surface area contributed by atoms with E-state index in [1.807, 2.05) is 0 Å². The summed E-state index contributed by atoms with van der Waals surface area (Å²) in [6, 6.07) is 6.88. The van der Waals surface area contributed by atoms with E-state index < -0.39 is 6.04 Å². The van der Waals surface area contributed by atoms with Gasteiger partial charge in [0, 0.05) is 23.2 Å². The summed E-state index contributed by atoms with van der Waals surface area (Å²) in [5.41, 5.74) is 0.987. The maximum atomic E-state index is 12.9. The first-order chi connectivity index (χ1) is 11.7. The summed E-state index contributed by atoms with van der Waals surface area (Å²) in [4.78, 5) is 26.9. The second kappa shape index (κ2) is 6.99. The fraction of sp³-hybridized carbons (Fsp3) is 0.600. The van der Waals surface area contributed by atoms with Gasteiger partial charge in [-0.05, 0) is 61.3 Å². The lowest BCUT2D eigenvalue weighted by molar-refractivity contribution is -0.125. The van der Waals surface area contributed by atoms with Crippen molar-refractivity contribution < 1.29 is 9.59 Å². The van der Waals surface area contributed by atoms with Crippen molar-refractivity contribution >= 4 is 29.1 Å². The fourth-order valence-electron chi connectivity index (χ4n) is 4.61. The third-order valence-electron chi connectivity index (χ3n) is 5.35. The minimum atomic E-state index is -0.422. The van der Waals surface area contributed by atoms with E-state index in [-0.39, 0.29) is 23.3 Å². The molecule has 2 amide bonds. The zero-order valence-corrected chi connectivity index (χ0v) is 16.0. The molecule has 136 valence electrons. The summed E-state index contributed by atoms with van der Waals surface area (Å²) in [7, 11) is 0. The molecule has 0 aromatic heterocycles. The fourth-order valence-corrected chi connectivity index (χ4v) is 4.74. The molecule has 1 aliphatic heterocycles. The Balaban J connectivity index is 1.72. The predicted octanol–water partition coefficient (Wildman–Crippen LogP) is 4.17. The normalized spacial score (nSPS) is 28.9. The van der Waals surface area contributed by atoms with Crippen molar-refractivity contribution in [3.63, 3.8) is 0 Å². The first kappa shape index (κ1) is 18.2. The van der Waals surface area contributed by atoms with Crippen molar-refractivity contribution in [1.82, 2.24) is 5.32 Å². The van der Waals surface area contributed by atoms with Gasteiger partial charge in [0.25, 0.3) is 0 Å². The van der Waals surface area contributed by atoms with Crippen molar-refractivity contribution in [2.45, 2.75) is 65.0 Å². The van der Waals surface area contributed by atoms with Crippen LogP contribution in [0.15, 0.2) is 24.3 Å². The number of halogens is 1. The second-order valence-corrected chi connectivity index (χ2v) is 8.85. The van der Waals surface area contributed by atoms with Gasteiger partial charge >= 0.3 is 0 Å². The highest BCUT2D eigenvalue weighted by Crippen LogP contribution is 2.38. The van der Waals surface area contributed by atoms with E-state index in [0.29, 0.717) is 23.8 Å². The number of amides is 2. The first-order valence-electron chi connectivity index (χ1n) is 9.13. The van der Waals surface area contributed by atoms with E-state index in [9.17, 15) is 9.59 Å². The van der Waals surface area contributed by atoms with Crippen LogP contribution >= 0.6 is 11.6 Å². The van der Waals surface area contributed by atoms with Crippen LogP contribution in [0.2, 0.25) is 5.02 Å². The van der Waals surface area contributed by atoms with Crippen LogP contribution in [0.25, 0.3) is 0 Å². The molecule has 3 rings (SSSR count). The van der Waals surface area contributed by atoms with Crippen LogP contribution in [0, 0.1) is 11.3 Å². The Kier molecular flexibility index (Phi) is 5.10. The lowest BCUT2D eigenvalue weighted by Crippen LogP contribution is -2.50. The number of rotatable bonds is 3. The third kappa shape index (κ3) is 4.17. The SMILES string of the molecule is CC1CC(NC(=O)C2CCC(=O)N2c2ccc(Cl)cc2)CC(C)(C)C1. The average Bonchev–Trinajstić information content (AvgIpc) is 2.88. The molecule has 1 N–H and O–H groups in total. The topological polar surface area (TPSA) is 49.4 Å². The molecule has 4 nitrogen and oxygen atoms in total. The van der Waals surface area contributed by atoms with E-state index in [1.54, 1.807) is 29.2 Å². The monoisotopic (exact) mass is 362 g/mol. The summed E-state index contributed by atoms with van der Waals surface area (Å²) in [6.45, 7) is 6.78. The van der Waals surface area contributed by atoms with Gasteiger partial charge in [-0.1, -0.05) is 32.4 Å². The zero-order chi connectivity index (χ0) is 18.2. The van der Waals surface area contributed by atoms with Crippen LogP contribution < -0.4 is 10.2 Å². The van der Waals surface area contributed by atoms with Crippen LogP contribution in [0.3, 0.4) is 0 Å². The Bertz CT molecular complexity index is 656. The maximum absolute atomic E-state index is 12.9. The largest absolute Gasteiger partial charge is 0.352 e. The number of nitrogens with one attached hydrogen (secondary N) is 1. The van der Waals surface area contributed by atoms with Gasteiger partial charge in [0.1, 0.15) is 6.04 Å². The Morgan fingerprint density at radius 1 is 1.24 bits per heavy atom. The molecule has 3 unspecified atom stereocenters. The molecule has 0 spiro atoms. The van der Waals surface area contributed by atoms with Gasteiger partial charge in [-0.2, -0.15) is 0 Å². The van der Waals surface area contributed by atoms with E-state index in [0.717, 1.165) is 18.5 Å². The summed E-state index contributed by atoms with van der Waals surface area (Å²) < 4.78 is 0. The number of hydrogen-bond acceptors (Lipinski definition) is 2. The molecule has 5 heteroatoms. The summed E-state index contributed by atoms with van der Waals surface area (Å²) >= 11 is 5.94. The van der Waals surface area contributed by atoms with Gasteiger partial charge in [0.2, 0.25) is 11.8 Å². The number of benzene rings is 1. The third-order valence-corrected chi connectivity index (χ3v) is 5.60. The van der Waals surface area contributed by atoms with Crippen LogP contribution in [-0.2, 0) is 9.59 Å². The molecule has 2 fully saturated rings. The Hall–Kier alpha value is -1.55. The van der Waals surface area contributed by atoms with E-state index >= 15 is 0 Å². The van der Waals surface area contributed by atoms with Crippen molar-refractivity contribution in [2.24, 2.45) is 11.3 Å². The molecule has 1 saturated heterocycles. The van der Waals surface area contributed by atoms with Crippen LogP contribution in [0.1, 0.15) is 52.9 Å². The molecule has 1 saturated carbocycles. The van der Waals surface area contributed by atoms with Crippen molar-refractivity contribution in [1.29, 1.82) is 0 Å². The Labute approximate surface area is 154 Å². The molecule has 1 heterocycles. The lowest BCUT2D eigenvalue weighted by atomic mass is 9.70. The molecule has 1 aromatic carbocycles. The van der Waals surface area contributed by atoms with E-state index in [1.165, 1.54) is 6.42 Å². The number of carbonyl (C=O) groups excluding carboxylic acids is 2. The highest BCUT2D eigenvalue weighted by Gasteiger charge is 2.39. The smallest absolute Gasteiger partial charge is 0.243 e. The van der Waals surface area contributed by atoms with Crippen LogP contribution in [0.5, 0.6) is 0 Å². The van der Waals surface area contributed by atoms with Gasteiger partial charge < -0.3 is 5.32 Å². The molecular weight excluding hydrogens is 336 g/mol. The van der Waals surface area contributed by atoms with Crippen LogP contribution in [0.4, 0.5) is 5.69 Å². The van der Waals surface area contributed by atoms with E-state index in [2.05, 4.69) is 26.1 Å². The number of carbonyl (C=O) groups is 2. The maximum Gasteiger partial charge on any atom is 0.243 e. The lowest BCUT2D eigenvalue weighted by Gasteiger charge is -2.39. The summed E-state index contributed by atoms with van der Waals surface area (Å²) in [5.74, 6) is 0.571. The Morgan fingerprint density at radius 2 is 1.92 bits per heavy atom. The Morgan fingerprint density at radius 3 is 2.56 bits per heavy atom. The quantitative estimate of drug-likeness (QED) is 0.877. The molecule has 0 bridgehead atoms. The standard InChI is InChI=1S/C20H27ClN2O2/c1-13-10-15(12-20(2,3)11-13)22-19(25)17-8-9-18(24)23(17)16-6-4-14(21)5-7-16/h4-7,13,15,17H,8-12H2,1-3H3,(H,22,25). The van der Waals surface area contributed by atoms with Crippen molar-refractivity contribution in [2.75, 3.05) is 4.90 Å². The van der Waals surface area contributed by atoms with Gasteiger partial charge in [-0.25, -0.2) is 0 Å². The first-order valence-corrected chi connectivity index (χ1v) is 9.51. The minimum absolute atomic E-state index is 0.000172. The van der Waals surface area contributed by atoms with Gasteiger partial charge in [0.15, 0.2) is 0 Å². The van der Waals surface area contributed by atoms with Crippen molar-refractivity contribution in [3.8, 4) is 0 Å². The highest BCUT2D eigenvalue weighted by atomic mass is 35.5. The summed E-state index contributed by atoms with van der Waals surface area (Å²) in [5, 5.41) is 3.84. The van der Waals surface area contributed by atoms with Crippen molar-refractivity contribution in [3.05, 3.63) is 29.3 Å². The van der Waals surface area contributed by atoms with Gasteiger partial charge in [0.05, 0.1) is 0 Å². The summed E-state index contributed by atoms with van der Waals surface area (Å²) in [6.07, 6.45) is 4.17. The predicted molar refractivity (Wildman–Crippen MR) is 101 cm³/mol. The molecule has 2 aliphatic rings. The zero-order valence-electron chi connectivity index (χ0n) is 15.2. The molecule has 1 aromatic rings. The van der Waals surface area contributed by atoms with Gasteiger partial charge in [-0.3, -0.25) is 14.5 Å². The molecule has 1 aliphatic carbocycles. The average molecular weight is 363 g/mol. The molecule has 0 radical (unpaired) electrons. The molecule has 25 heavy (non-hydrogen) atoms. The van der Waals surface area contributed by atoms with Crippen LogP contribution in [-0.4, -0.2) is 23.9 Å². The minimum Gasteiger partial charge on any atom is -0.352 e. The highest BCUT2D eigenvalue weighted by molar-refractivity contribution is 6.30. The van der Waals surface area contributed by atoms with E-state index in [4.69, 9.17) is 11.6 Å². The number of anilines is 1. The number of hydrogen-bond donors (Lipinski definition) is 1. The second-order valence-electron chi connectivity index (χ2n) is 8.41.